The second-order valence-electron chi connectivity index (χ2n) is 7.77. The van der Waals surface area contributed by atoms with Crippen LogP contribution in [0.5, 0.6) is 5.75 Å². The molecule has 34 heavy (non-hydrogen) atoms. The van der Waals surface area contributed by atoms with Crippen LogP contribution in [0.1, 0.15) is 40.6 Å². The van der Waals surface area contributed by atoms with Gasteiger partial charge in [0.05, 0.1) is 17.7 Å². The standard InChI is InChI=1S/C26H26ClF3N2O2/c1-31-25(33)24(18-6-4-3-5-7-18)32-15-14-21(19-10-13-22(27)23(16-19)34-2)17-8-11-20(12-9-17)26(28,29)30/h3-13,16,21,24,32H,14-15H2,1-2H3,(H,31,33)/t21-,24-/m1/s1. The Morgan fingerprint density at radius 3 is 2.21 bits per heavy atom. The molecule has 0 unspecified atom stereocenters. The fourth-order valence-electron chi connectivity index (χ4n) is 3.85. The molecule has 8 heteroatoms. The summed E-state index contributed by atoms with van der Waals surface area (Å²) < 4.78 is 44.5. The molecule has 0 aliphatic heterocycles. The van der Waals surface area contributed by atoms with Crippen molar-refractivity contribution in [3.05, 3.63) is 100 Å². The molecule has 0 aliphatic rings. The largest absolute Gasteiger partial charge is 0.495 e. The maximum atomic E-state index is 13.1. The lowest BCUT2D eigenvalue weighted by Gasteiger charge is -2.23. The predicted molar refractivity (Wildman–Crippen MR) is 127 cm³/mol. The topological polar surface area (TPSA) is 50.4 Å². The minimum Gasteiger partial charge on any atom is -0.495 e. The Bertz CT molecular complexity index is 1090. The minimum atomic E-state index is -4.41. The van der Waals surface area contributed by atoms with Crippen LogP contribution in [0.3, 0.4) is 0 Å². The van der Waals surface area contributed by atoms with Crippen LogP contribution in [0.4, 0.5) is 13.2 Å². The van der Waals surface area contributed by atoms with Crippen LogP contribution in [0.2, 0.25) is 5.02 Å². The number of halogens is 4. The third-order valence-corrected chi connectivity index (χ3v) is 5.95. The highest BCUT2D eigenvalue weighted by Crippen LogP contribution is 2.35. The Balaban J connectivity index is 1.87. The molecule has 0 fully saturated rings. The molecular formula is C26H26ClF3N2O2. The molecule has 0 saturated heterocycles. The summed E-state index contributed by atoms with van der Waals surface area (Å²) >= 11 is 6.18. The molecule has 0 spiro atoms. The highest BCUT2D eigenvalue weighted by Gasteiger charge is 2.30. The monoisotopic (exact) mass is 490 g/mol. The number of methoxy groups -OCH3 is 1. The summed E-state index contributed by atoms with van der Waals surface area (Å²) in [6.07, 6.45) is -3.88. The van der Waals surface area contributed by atoms with Crippen LogP contribution in [0.15, 0.2) is 72.8 Å². The third kappa shape index (κ3) is 6.30. The Morgan fingerprint density at radius 2 is 1.62 bits per heavy atom. The lowest BCUT2D eigenvalue weighted by atomic mass is 9.87. The van der Waals surface area contributed by atoms with Crippen molar-refractivity contribution in [2.45, 2.75) is 24.6 Å². The van der Waals surface area contributed by atoms with Crippen molar-refractivity contribution in [1.29, 1.82) is 0 Å². The molecule has 180 valence electrons. The number of carbonyl (C=O) groups is 1. The number of rotatable bonds is 9. The van der Waals surface area contributed by atoms with Gasteiger partial charge in [0, 0.05) is 13.0 Å². The zero-order valence-electron chi connectivity index (χ0n) is 18.8. The summed E-state index contributed by atoms with van der Waals surface area (Å²) in [4.78, 5) is 12.5. The van der Waals surface area contributed by atoms with E-state index in [1.165, 1.54) is 19.2 Å². The first kappa shape index (κ1) is 25.6. The number of hydrogen-bond donors (Lipinski definition) is 2. The van der Waals surface area contributed by atoms with Gasteiger partial charge in [0.2, 0.25) is 5.91 Å². The second-order valence-corrected chi connectivity index (χ2v) is 8.17. The van der Waals surface area contributed by atoms with Crippen molar-refractivity contribution in [2.24, 2.45) is 0 Å². The summed E-state index contributed by atoms with van der Waals surface area (Å²) in [5.74, 6) is 0.0593. The van der Waals surface area contributed by atoms with Gasteiger partial charge in [-0.1, -0.05) is 60.1 Å². The average molecular weight is 491 g/mol. The van der Waals surface area contributed by atoms with E-state index < -0.39 is 17.8 Å². The molecule has 3 rings (SSSR count). The molecule has 0 saturated carbocycles. The number of nitrogens with one attached hydrogen (secondary N) is 2. The van der Waals surface area contributed by atoms with Crippen molar-refractivity contribution in [1.82, 2.24) is 10.6 Å². The predicted octanol–water partition coefficient (Wildman–Crippen LogP) is 5.97. The molecule has 0 aliphatic carbocycles. The van der Waals surface area contributed by atoms with Crippen LogP contribution in [0, 0.1) is 0 Å². The van der Waals surface area contributed by atoms with E-state index in [0.29, 0.717) is 23.7 Å². The molecule has 1 amide bonds. The maximum Gasteiger partial charge on any atom is 0.416 e. The first-order valence-corrected chi connectivity index (χ1v) is 11.1. The summed E-state index contributed by atoms with van der Waals surface area (Å²) in [5.41, 5.74) is 1.68. The molecule has 3 aromatic carbocycles. The molecule has 3 aromatic rings. The fourth-order valence-corrected chi connectivity index (χ4v) is 4.04. The van der Waals surface area contributed by atoms with Gasteiger partial charge in [0.25, 0.3) is 0 Å². The van der Waals surface area contributed by atoms with E-state index in [2.05, 4.69) is 10.6 Å². The molecule has 0 bridgehead atoms. The van der Waals surface area contributed by atoms with Gasteiger partial charge in [0.15, 0.2) is 0 Å². The fraction of sp³-hybridized carbons (Fsp3) is 0.269. The van der Waals surface area contributed by atoms with Crippen molar-refractivity contribution in [2.75, 3.05) is 20.7 Å². The Labute approximate surface area is 202 Å². The smallest absolute Gasteiger partial charge is 0.416 e. The summed E-state index contributed by atoms with van der Waals surface area (Å²) in [7, 11) is 3.08. The first-order valence-electron chi connectivity index (χ1n) is 10.7. The lowest BCUT2D eigenvalue weighted by molar-refractivity contribution is -0.137. The van der Waals surface area contributed by atoms with E-state index in [9.17, 15) is 18.0 Å². The van der Waals surface area contributed by atoms with Crippen molar-refractivity contribution in [3.63, 3.8) is 0 Å². The second kappa shape index (κ2) is 11.4. The molecule has 0 heterocycles. The van der Waals surface area contributed by atoms with E-state index in [1.807, 2.05) is 36.4 Å². The quantitative estimate of drug-likeness (QED) is 0.389. The van der Waals surface area contributed by atoms with E-state index in [-0.39, 0.29) is 11.8 Å². The van der Waals surface area contributed by atoms with Gasteiger partial charge >= 0.3 is 6.18 Å². The normalized spacial score (nSPS) is 13.2. The van der Waals surface area contributed by atoms with E-state index in [4.69, 9.17) is 16.3 Å². The van der Waals surface area contributed by atoms with Crippen molar-refractivity contribution < 1.29 is 22.7 Å². The van der Waals surface area contributed by atoms with Crippen LogP contribution in [0.25, 0.3) is 0 Å². The van der Waals surface area contributed by atoms with Gasteiger partial charge in [-0.05, 0) is 53.9 Å². The van der Waals surface area contributed by atoms with Gasteiger partial charge in [-0.2, -0.15) is 13.2 Å². The van der Waals surface area contributed by atoms with Gasteiger partial charge in [0.1, 0.15) is 11.8 Å². The molecule has 0 aromatic heterocycles. The SMILES string of the molecule is CNC(=O)[C@H](NCC[C@H](c1ccc(C(F)(F)F)cc1)c1ccc(Cl)c(OC)c1)c1ccccc1. The number of likely N-dealkylation sites (N-methyl/N-ethyl adjacent to an activating group) is 1. The molecule has 2 atom stereocenters. The highest BCUT2D eigenvalue weighted by molar-refractivity contribution is 6.32. The number of amides is 1. The van der Waals surface area contributed by atoms with E-state index in [1.54, 1.807) is 19.2 Å². The number of ether oxygens (including phenoxy) is 1. The number of hydrogen-bond acceptors (Lipinski definition) is 3. The van der Waals surface area contributed by atoms with Crippen LogP contribution < -0.4 is 15.4 Å². The minimum absolute atomic E-state index is 0.176. The van der Waals surface area contributed by atoms with Crippen molar-refractivity contribution in [3.8, 4) is 5.75 Å². The highest BCUT2D eigenvalue weighted by atomic mass is 35.5. The number of carbonyl (C=O) groups excluding carboxylic acids is 1. The zero-order valence-corrected chi connectivity index (χ0v) is 19.6. The van der Waals surface area contributed by atoms with E-state index >= 15 is 0 Å². The van der Waals surface area contributed by atoms with Crippen LogP contribution >= 0.6 is 11.6 Å². The van der Waals surface area contributed by atoms with Crippen LogP contribution in [-0.4, -0.2) is 26.6 Å². The zero-order chi connectivity index (χ0) is 24.7. The summed E-state index contributed by atoms with van der Waals surface area (Å²) in [6, 6.07) is 19.2. The Morgan fingerprint density at radius 1 is 0.971 bits per heavy atom. The average Bonchev–Trinajstić information content (AvgIpc) is 2.84. The molecule has 0 radical (unpaired) electrons. The van der Waals surface area contributed by atoms with Crippen molar-refractivity contribution >= 4 is 17.5 Å². The van der Waals surface area contributed by atoms with Crippen LogP contribution in [-0.2, 0) is 11.0 Å². The van der Waals surface area contributed by atoms with E-state index in [0.717, 1.165) is 28.8 Å². The van der Waals surface area contributed by atoms with Gasteiger partial charge in [-0.25, -0.2) is 0 Å². The van der Waals surface area contributed by atoms with Gasteiger partial charge < -0.3 is 15.4 Å². The molecular weight excluding hydrogens is 465 g/mol. The van der Waals surface area contributed by atoms with Gasteiger partial charge in [-0.15, -0.1) is 0 Å². The summed E-state index contributed by atoms with van der Waals surface area (Å²) in [6.45, 7) is 0.434. The summed E-state index contributed by atoms with van der Waals surface area (Å²) in [5, 5.41) is 6.39. The maximum absolute atomic E-state index is 13.1. The molecule has 2 N–H and O–H groups in total. The lowest BCUT2D eigenvalue weighted by Crippen LogP contribution is -2.36. The third-order valence-electron chi connectivity index (χ3n) is 5.64. The Hall–Kier alpha value is -3.03. The number of alkyl halides is 3. The Kier molecular flexibility index (Phi) is 8.58. The number of benzene rings is 3. The van der Waals surface area contributed by atoms with Gasteiger partial charge in [-0.3, -0.25) is 4.79 Å². The first-order chi connectivity index (χ1) is 16.2. The molecule has 4 nitrogen and oxygen atoms in total.